The van der Waals surface area contributed by atoms with Gasteiger partial charge in [0.05, 0.1) is 6.04 Å². The van der Waals surface area contributed by atoms with Crippen LogP contribution in [-0.4, -0.2) is 30.6 Å². The highest BCUT2D eigenvalue weighted by Gasteiger charge is 2.20. The highest BCUT2D eigenvalue weighted by molar-refractivity contribution is 7.71. The molecule has 1 N–H and O–H groups in total. The zero-order valence-corrected chi connectivity index (χ0v) is 16.9. The molecule has 0 fully saturated rings. The SMILES string of the molecule is C=CCn1cnn(C[NH+](Cc2nnc(-c3ccc(Cl)cc3)o2)C(C)C)c1=S. The summed E-state index contributed by atoms with van der Waals surface area (Å²) in [4.78, 5) is 1.21. The molecule has 3 aromatic rings. The molecule has 0 aliphatic heterocycles. The summed E-state index contributed by atoms with van der Waals surface area (Å²) in [6.07, 6.45) is 3.53. The Balaban J connectivity index is 1.74. The highest BCUT2D eigenvalue weighted by atomic mass is 35.5. The standard InChI is InChI=1S/C18H21ClN6OS/c1-4-9-23-11-20-25(18(23)27)12-24(13(2)3)10-16-21-22-17(26-16)14-5-7-15(19)8-6-14/h4-8,11,13H,1,9-10,12H2,2-3H3/p+1. The van der Waals surface area contributed by atoms with E-state index in [2.05, 4.69) is 35.7 Å². The monoisotopic (exact) mass is 405 g/mol. The summed E-state index contributed by atoms with van der Waals surface area (Å²) in [7, 11) is 0. The molecule has 142 valence electrons. The van der Waals surface area contributed by atoms with Crippen molar-refractivity contribution in [1.29, 1.82) is 0 Å². The predicted octanol–water partition coefficient (Wildman–Crippen LogP) is 2.75. The fourth-order valence-electron chi connectivity index (χ4n) is 2.61. The molecule has 1 unspecified atom stereocenters. The van der Waals surface area contributed by atoms with Gasteiger partial charge in [-0.15, -0.1) is 16.8 Å². The molecule has 0 aliphatic carbocycles. The second kappa shape index (κ2) is 8.60. The van der Waals surface area contributed by atoms with E-state index in [1.807, 2.05) is 21.4 Å². The van der Waals surface area contributed by atoms with Crippen molar-refractivity contribution in [1.82, 2.24) is 24.5 Å². The molecule has 1 aromatic carbocycles. The molecule has 2 heterocycles. The molecule has 0 spiro atoms. The van der Waals surface area contributed by atoms with Gasteiger partial charge in [-0.2, -0.15) is 9.78 Å². The molecule has 2 aromatic heterocycles. The third-order valence-corrected chi connectivity index (χ3v) is 4.93. The lowest BCUT2D eigenvalue weighted by atomic mass is 10.2. The van der Waals surface area contributed by atoms with Crippen LogP contribution in [-0.2, 0) is 19.8 Å². The third kappa shape index (κ3) is 4.71. The average Bonchev–Trinajstić information content (AvgIpc) is 3.24. The molecule has 0 radical (unpaired) electrons. The Morgan fingerprint density at radius 3 is 2.70 bits per heavy atom. The van der Waals surface area contributed by atoms with Crippen molar-refractivity contribution in [3.63, 3.8) is 0 Å². The van der Waals surface area contributed by atoms with Gasteiger partial charge in [-0.05, 0) is 50.3 Å². The lowest BCUT2D eigenvalue weighted by molar-refractivity contribution is -0.958. The Morgan fingerprint density at radius 2 is 2.04 bits per heavy atom. The number of hydrogen-bond donors (Lipinski definition) is 1. The second-order valence-electron chi connectivity index (χ2n) is 6.51. The summed E-state index contributed by atoms with van der Waals surface area (Å²) in [5, 5.41) is 13.4. The minimum atomic E-state index is 0.322. The van der Waals surface area contributed by atoms with Crippen molar-refractivity contribution in [3.8, 4) is 11.5 Å². The Morgan fingerprint density at radius 1 is 1.30 bits per heavy atom. The molecule has 0 aliphatic rings. The lowest BCUT2D eigenvalue weighted by Gasteiger charge is -2.21. The molecule has 7 nitrogen and oxygen atoms in total. The van der Waals surface area contributed by atoms with Crippen molar-refractivity contribution in [3.05, 3.63) is 58.9 Å². The topological polar surface area (TPSA) is 66.1 Å². The maximum Gasteiger partial charge on any atom is 0.271 e. The Labute approximate surface area is 167 Å². The number of aromatic nitrogens is 5. The van der Waals surface area contributed by atoms with Crippen molar-refractivity contribution < 1.29 is 9.32 Å². The fraction of sp³-hybridized carbons (Fsp3) is 0.333. The summed E-state index contributed by atoms with van der Waals surface area (Å²) >= 11 is 11.4. The largest absolute Gasteiger partial charge is 0.415 e. The van der Waals surface area contributed by atoms with Crippen LogP contribution in [0.2, 0.25) is 5.02 Å². The van der Waals surface area contributed by atoms with Gasteiger partial charge < -0.3 is 13.9 Å². The minimum absolute atomic E-state index is 0.322. The Kier molecular flexibility index (Phi) is 6.20. The van der Waals surface area contributed by atoms with E-state index in [0.29, 0.717) is 47.4 Å². The summed E-state index contributed by atoms with van der Waals surface area (Å²) < 4.78 is 10.2. The lowest BCUT2D eigenvalue weighted by Crippen LogP contribution is -3.13. The number of quaternary nitrogens is 1. The maximum atomic E-state index is 5.93. The van der Waals surface area contributed by atoms with E-state index in [9.17, 15) is 0 Å². The summed E-state index contributed by atoms with van der Waals surface area (Å²) in [5.74, 6) is 1.05. The van der Waals surface area contributed by atoms with Gasteiger partial charge in [0.25, 0.3) is 5.89 Å². The van der Waals surface area contributed by atoms with Crippen LogP contribution in [0.25, 0.3) is 11.5 Å². The van der Waals surface area contributed by atoms with E-state index in [-0.39, 0.29) is 0 Å². The van der Waals surface area contributed by atoms with E-state index >= 15 is 0 Å². The van der Waals surface area contributed by atoms with Crippen LogP contribution in [0.3, 0.4) is 0 Å². The molecule has 0 bridgehead atoms. The second-order valence-corrected chi connectivity index (χ2v) is 7.31. The van der Waals surface area contributed by atoms with Crippen LogP contribution in [0.4, 0.5) is 0 Å². The van der Waals surface area contributed by atoms with Crippen molar-refractivity contribution >= 4 is 23.8 Å². The van der Waals surface area contributed by atoms with Gasteiger partial charge in [0.1, 0.15) is 6.33 Å². The van der Waals surface area contributed by atoms with Crippen LogP contribution in [0, 0.1) is 4.77 Å². The third-order valence-electron chi connectivity index (χ3n) is 4.23. The summed E-state index contributed by atoms with van der Waals surface area (Å²) in [6, 6.07) is 7.64. The molecular weight excluding hydrogens is 384 g/mol. The maximum absolute atomic E-state index is 5.93. The van der Waals surface area contributed by atoms with E-state index in [0.717, 1.165) is 5.56 Å². The molecule has 27 heavy (non-hydrogen) atoms. The smallest absolute Gasteiger partial charge is 0.271 e. The van der Waals surface area contributed by atoms with Crippen molar-refractivity contribution in [2.45, 2.75) is 39.6 Å². The summed E-state index contributed by atoms with van der Waals surface area (Å²) in [6.45, 7) is 9.84. The first kappa shape index (κ1) is 19.5. The molecule has 0 saturated heterocycles. The zero-order valence-electron chi connectivity index (χ0n) is 15.3. The number of nitrogens with zero attached hydrogens (tertiary/aromatic N) is 5. The van der Waals surface area contributed by atoms with Crippen LogP contribution in [0.1, 0.15) is 19.7 Å². The number of allylic oxidation sites excluding steroid dienone is 1. The molecule has 3 rings (SSSR count). The first-order chi connectivity index (χ1) is 13.0. The molecule has 0 saturated carbocycles. The van der Waals surface area contributed by atoms with Gasteiger partial charge in [0, 0.05) is 17.1 Å². The average molecular weight is 406 g/mol. The number of benzene rings is 1. The molecule has 1 atom stereocenters. The van der Waals surface area contributed by atoms with Crippen LogP contribution >= 0.6 is 23.8 Å². The van der Waals surface area contributed by atoms with Gasteiger partial charge in [-0.1, -0.05) is 17.7 Å². The minimum Gasteiger partial charge on any atom is -0.415 e. The quantitative estimate of drug-likeness (QED) is 0.461. The summed E-state index contributed by atoms with van der Waals surface area (Å²) in [5.41, 5.74) is 0.842. The molecule has 0 amide bonds. The van der Waals surface area contributed by atoms with Crippen LogP contribution in [0.5, 0.6) is 0 Å². The zero-order chi connectivity index (χ0) is 19.4. The fourth-order valence-corrected chi connectivity index (χ4v) is 2.97. The van der Waals surface area contributed by atoms with E-state index < -0.39 is 0 Å². The Hall–Kier alpha value is -2.29. The highest BCUT2D eigenvalue weighted by Crippen LogP contribution is 2.19. The first-order valence-corrected chi connectivity index (χ1v) is 9.42. The van der Waals surface area contributed by atoms with Crippen LogP contribution in [0.15, 0.2) is 47.7 Å². The number of halogens is 1. The van der Waals surface area contributed by atoms with Gasteiger partial charge in [-0.25, -0.2) is 0 Å². The van der Waals surface area contributed by atoms with Gasteiger partial charge in [0.2, 0.25) is 10.7 Å². The van der Waals surface area contributed by atoms with Crippen molar-refractivity contribution in [2.75, 3.05) is 0 Å². The van der Waals surface area contributed by atoms with E-state index in [4.69, 9.17) is 28.2 Å². The van der Waals surface area contributed by atoms with Crippen LogP contribution < -0.4 is 4.90 Å². The number of rotatable bonds is 8. The number of hydrogen-bond acceptors (Lipinski definition) is 5. The predicted molar refractivity (Wildman–Crippen MR) is 106 cm³/mol. The van der Waals surface area contributed by atoms with Gasteiger partial charge >= 0.3 is 0 Å². The Bertz CT molecular complexity index is 959. The first-order valence-electron chi connectivity index (χ1n) is 8.64. The van der Waals surface area contributed by atoms with Gasteiger partial charge in [-0.3, -0.25) is 0 Å². The van der Waals surface area contributed by atoms with E-state index in [1.165, 1.54) is 4.90 Å². The van der Waals surface area contributed by atoms with E-state index in [1.54, 1.807) is 24.5 Å². The van der Waals surface area contributed by atoms with Crippen molar-refractivity contribution in [2.24, 2.45) is 0 Å². The normalized spacial score (nSPS) is 12.4. The molecule has 9 heteroatoms. The number of nitrogens with one attached hydrogen (secondary N) is 1. The molecular formula is C18H22ClN6OS+. The van der Waals surface area contributed by atoms with Gasteiger partial charge in [0.15, 0.2) is 13.2 Å².